The Morgan fingerprint density at radius 1 is 1.14 bits per heavy atom. The van der Waals surface area contributed by atoms with Crippen LogP contribution >= 0.6 is 0 Å². The van der Waals surface area contributed by atoms with Crippen LogP contribution in [0, 0.1) is 17.7 Å². The maximum atomic E-state index is 13.1. The fraction of sp³-hybridized carbons (Fsp3) is 0.500. The van der Waals surface area contributed by atoms with Crippen LogP contribution in [0.2, 0.25) is 0 Å². The van der Waals surface area contributed by atoms with Gasteiger partial charge >= 0.3 is 0 Å². The van der Waals surface area contributed by atoms with Crippen LogP contribution in [0.1, 0.15) is 26.2 Å². The summed E-state index contributed by atoms with van der Waals surface area (Å²) in [6.45, 7) is 2.34. The summed E-state index contributed by atoms with van der Waals surface area (Å²) in [5, 5.41) is 13.6. The maximum absolute atomic E-state index is 13.1. The van der Waals surface area contributed by atoms with Crippen LogP contribution < -0.4 is 15.3 Å². The van der Waals surface area contributed by atoms with Crippen LogP contribution in [0.5, 0.6) is 0 Å². The van der Waals surface area contributed by atoms with Crippen LogP contribution in [-0.4, -0.2) is 54.3 Å². The number of carbonyl (C=O) groups excluding carboxylic acids is 4. The molecule has 0 bridgehead atoms. The number of nitrogens with one attached hydrogen (secondary N) is 1. The number of likely N-dealkylation sites (tertiary alicyclic amines) is 1. The summed E-state index contributed by atoms with van der Waals surface area (Å²) in [5.41, 5.74) is 0.520. The molecule has 0 saturated carbocycles. The van der Waals surface area contributed by atoms with Gasteiger partial charge in [-0.1, -0.05) is 0 Å². The van der Waals surface area contributed by atoms with E-state index in [1.165, 1.54) is 34.1 Å². The Morgan fingerprint density at radius 2 is 1.76 bits per heavy atom. The Morgan fingerprint density at radius 3 is 2.34 bits per heavy atom. The van der Waals surface area contributed by atoms with Gasteiger partial charge in [0.05, 0.1) is 5.92 Å². The maximum Gasteiger partial charge on any atom is 0.244 e. The normalized spacial score (nSPS) is 21.2. The van der Waals surface area contributed by atoms with E-state index in [0.29, 0.717) is 31.6 Å². The van der Waals surface area contributed by atoms with Crippen molar-refractivity contribution in [2.24, 2.45) is 11.8 Å². The third kappa shape index (κ3) is 4.72. The molecule has 2 atom stereocenters. The summed E-state index contributed by atoms with van der Waals surface area (Å²) < 4.78 is 13.1. The van der Waals surface area contributed by atoms with Crippen LogP contribution in [0.25, 0.3) is 0 Å². The van der Waals surface area contributed by atoms with Crippen molar-refractivity contribution < 1.29 is 28.7 Å². The Labute approximate surface area is 167 Å². The molecule has 2 heterocycles. The van der Waals surface area contributed by atoms with Crippen molar-refractivity contribution >= 4 is 29.4 Å². The third-order valence-corrected chi connectivity index (χ3v) is 5.50. The smallest absolute Gasteiger partial charge is 0.244 e. The number of carbonyl (C=O) groups is 4. The Kier molecular flexibility index (Phi) is 6.14. The summed E-state index contributed by atoms with van der Waals surface area (Å²) >= 11 is 0. The lowest BCUT2D eigenvalue weighted by molar-refractivity contribution is -0.312. The number of carboxylic acid groups (broad SMARTS) is 1. The van der Waals surface area contributed by atoms with Crippen molar-refractivity contribution in [2.75, 3.05) is 24.5 Å². The number of carboxylic acids is 1. The monoisotopic (exact) mass is 404 g/mol. The van der Waals surface area contributed by atoms with Crippen LogP contribution in [0.15, 0.2) is 24.3 Å². The first-order valence-electron chi connectivity index (χ1n) is 9.62. The zero-order chi connectivity index (χ0) is 21.1. The van der Waals surface area contributed by atoms with E-state index in [-0.39, 0.29) is 24.8 Å². The number of halogens is 1. The van der Waals surface area contributed by atoms with Crippen molar-refractivity contribution in [1.29, 1.82) is 0 Å². The van der Waals surface area contributed by atoms with Gasteiger partial charge in [-0.15, -0.1) is 0 Å². The molecule has 8 nitrogen and oxygen atoms in total. The molecule has 0 aromatic heterocycles. The van der Waals surface area contributed by atoms with Gasteiger partial charge in [0.2, 0.25) is 17.7 Å². The number of anilines is 1. The molecular weight excluding hydrogens is 381 g/mol. The van der Waals surface area contributed by atoms with E-state index < -0.39 is 35.6 Å². The largest absolute Gasteiger partial charge is 0.550 e. The molecule has 29 heavy (non-hydrogen) atoms. The molecule has 0 radical (unpaired) electrons. The minimum atomic E-state index is -1.10. The van der Waals surface area contributed by atoms with Crippen LogP contribution in [0.3, 0.4) is 0 Å². The van der Waals surface area contributed by atoms with E-state index in [4.69, 9.17) is 0 Å². The molecule has 3 rings (SSSR count). The number of aliphatic carboxylic acids is 1. The molecule has 156 valence electrons. The second-order valence-corrected chi connectivity index (χ2v) is 7.53. The fourth-order valence-corrected chi connectivity index (χ4v) is 3.76. The van der Waals surface area contributed by atoms with Gasteiger partial charge in [0.15, 0.2) is 0 Å². The third-order valence-electron chi connectivity index (χ3n) is 5.50. The molecule has 1 N–H and O–H groups in total. The zero-order valence-electron chi connectivity index (χ0n) is 16.1. The van der Waals surface area contributed by atoms with Crippen molar-refractivity contribution in [2.45, 2.75) is 32.2 Å². The molecule has 2 aliphatic rings. The second-order valence-electron chi connectivity index (χ2n) is 7.53. The quantitative estimate of drug-likeness (QED) is 0.723. The summed E-state index contributed by atoms with van der Waals surface area (Å²) in [5.74, 6) is -3.58. The molecule has 0 spiro atoms. The van der Waals surface area contributed by atoms with E-state index in [9.17, 15) is 28.7 Å². The van der Waals surface area contributed by atoms with Gasteiger partial charge in [0.25, 0.3) is 0 Å². The Bertz CT molecular complexity index is 805. The highest BCUT2D eigenvalue weighted by Crippen LogP contribution is 2.25. The van der Waals surface area contributed by atoms with E-state index in [2.05, 4.69) is 5.32 Å². The van der Waals surface area contributed by atoms with Gasteiger partial charge < -0.3 is 25.0 Å². The Balaban J connectivity index is 1.53. The standard InChI is InChI=1S/C20H24FN3O5/c1-12(19(27)23-8-6-13(7-9-23)20(28)29)22-18(26)14-10-17(25)24(11-14)16-4-2-15(21)3-5-16/h2-5,12-14H,6-11H2,1H3,(H,22,26)(H,28,29)/p-1/t12-,14+/m0/s1. The second kappa shape index (κ2) is 8.59. The topological polar surface area (TPSA) is 110 Å². The first kappa shape index (κ1) is 20.8. The van der Waals surface area contributed by atoms with E-state index in [1.807, 2.05) is 0 Å². The lowest BCUT2D eigenvalue weighted by atomic mass is 9.96. The fourth-order valence-electron chi connectivity index (χ4n) is 3.76. The van der Waals surface area contributed by atoms with E-state index >= 15 is 0 Å². The number of benzene rings is 1. The first-order chi connectivity index (χ1) is 13.8. The van der Waals surface area contributed by atoms with Gasteiger partial charge in [0.1, 0.15) is 11.9 Å². The van der Waals surface area contributed by atoms with Crippen molar-refractivity contribution in [3.63, 3.8) is 0 Å². The highest BCUT2D eigenvalue weighted by molar-refractivity contribution is 6.01. The molecule has 2 saturated heterocycles. The lowest BCUT2D eigenvalue weighted by Gasteiger charge is -2.34. The van der Waals surface area contributed by atoms with Crippen molar-refractivity contribution in [3.8, 4) is 0 Å². The summed E-state index contributed by atoms with van der Waals surface area (Å²) in [7, 11) is 0. The van der Waals surface area contributed by atoms with E-state index in [1.54, 1.807) is 6.92 Å². The molecule has 3 amide bonds. The predicted octanol–water partition coefficient (Wildman–Crippen LogP) is -0.328. The van der Waals surface area contributed by atoms with Crippen LogP contribution in [0.4, 0.5) is 10.1 Å². The first-order valence-corrected chi connectivity index (χ1v) is 9.62. The molecule has 9 heteroatoms. The van der Waals surface area contributed by atoms with Crippen LogP contribution in [-0.2, 0) is 19.2 Å². The van der Waals surface area contributed by atoms with Gasteiger partial charge in [-0.2, -0.15) is 0 Å². The molecule has 2 aliphatic heterocycles. The number of piperidine rings is 1. The van der Waals surface area contributed by atoms with Gasteiger partial charge in [-0.3, -0.25) is 14.4 Å². The molecule has 2 fully saturated rings. The predicted molar refractivity (Wildman–Crippen MR) is 98.8 cm³/mol. The minimum absolute atomic E-state index is 0.0150. The van der Waals surface area contributed by atoms with Gasteiger partial charge in [0, 0.05) is 43.6 Å². The number of nitrogens with zero attached hydrogens (tertiary/aromatic N) is 2. The number of hydrogen-bond acceptors (Lipinski definition) is 5. The highest BCUT2D eigenvalue weighted by Gasteiger charge is 2.36. The lowest BCUT2D eigenvalue weighted by Crippen LogP contribution is -2.51. The molecule has 0 unspecified atom stereocenters. The average Bonchev–Trinajstić information content (AvgIpc) is 3.10. The SMILES string of the molecule is C[C@H](NC(=O)[C@@H]1CC(=O)N(c2ccc(F)cc2)C1)C(=O)N1CCC(C(=O)[O-])CC1. The molecular formula is C20H23FN3O5-. The highest BCUT2D eigenvalue weighted by atomic mass is 19.1. The number of hydrogen-bond donors (Lipinski definition) is 1. The Hall–Kier alpha value is -2.97. The molecule has 1 aromatic carbocycles. The summed E-state index contributed by atoms with van der Waals surface area (Å²) in [6.07, 6.45) is 0.679. The zero-order valence-corrected chi connectivity index (χ0v) is 16.1. The molecule has 0 aliphatic carbocycles. The van der Waals surface area contributed by atoms with Crippen molar-refractivity contribution in [1.82, 2.24) is 10.2 Å². The minimum Gasteiger partial charge on any atom is -0.550 e. The summed E-state index contributed by atoms with van der Waals surface area (Å²) in [4.78, 5) is 51.2. The van der Waals surface area contributed by atoms with Gasteiger partial charge in [-0.25, -0.2) is 4.39 Å². The number of rotatable bonds is 5. The number of amides is 3. The summed E-state index contributed by atoms with van der Waals surface area (Å²) in [6, 6.07) is 4.68. The van der Waals surface area contributed by atoms with Gasteiger partial charge in [-0.05, 0) is 44.0 Å². The van der Waals surface area contributed by atoms with E-state index in [0.717, 1.165) is 0 Å². The molecule has 1 aromatic rings. The average molecular weight is 404 g/mol. The van der Waals surface area contributed by atoms with Crippen molar-refractivity contribution in [3.05, 3.63) is 30.1 Å².